The molecule has 1 radical (unpaired) electrons. The number of aryl methyl sites for hydroxylation is 2. The van der Waals surface area contributed by atoms with E-state index in [1.807, 2.05) is 12.1 Å². The topological polar surface area (TPSA) is 0 Å². The van der Waals surface area contributed by atoms with Crippen LogP contribution in [0.1, 0.15) is 11.1 Å². The van der Waals surface area contributed by atoms with Crippen molar-refractivity contribution in [3.8, 4) is 0 Å². The zero-order valence-electron chi connectivity index (χ0n) is 5.99. The van der Waals surface area contributed by atoms with Crippen LogP contribution in [0.25, 0.3) is 0 Å². The Morgan fingerprint density at radius 2 is 1.70 bits per heavy atom. The van der Waals surface area contributed by atoms with Crippen LogP contribution in [0.5, 0.6) is 0 Å². The van der Waals surface area contributed by atoms with E-state index in [4.69, 9.17) is 12.6 Å². The van der Waals surface area contributed by atoms with Crippen molar-refractivity contribution >= 4 is 12.6 Å². The summed E-state index contributed by atoms with van der Waals surface area (Å²) in [4.78, 5) is 0.929. The minimum atomic E-state index is 0. The third-order valence-electron chi connectivity index (χ3n) is 1.48. The van der Waals surface area contributed by atoms with Gasteiger partial charge < -0.3 is 12.6 Å². The molecule has 0 saturated heterocycles. The second-order valence-electron chi connectivity index (χ2n) is 2.25. The van der Waals surface area contributed by atoms with Gasteiger partial charge in [0.15, 0.2) is 0 Å². The van der Waals surface area contributed by atoms with E-state index in [0.29, 0.717) is 0 Å². The molecule has 0 aromatic heterocycles. The summed E-state index contributed by atoms with van der Waals surface area (Å²) >= 11 is 4.96. The average molecular weight is 327 g/mol. The van der Waals surface area contributed by atoms with Crippen LogP contribution in [0.15, 0.2) is 23.1 Å². The van der Waals surface area contributed by atoms with Crippen LogP contribution in [0, 0.1) is 13.8 Å². The van der Waals surface area contributed by atoms with Crippen LogP contribution >= 0.6 is 0 Å². The van der Waals surface area contributed by atoms with E-state index >= 15 is 0 Å². The number of hydrogen-bond acceptors (Lipinski definition) is 1. The first-order valence-corrected chi connectivity index (χ1v) is 3.35. The average Bonchev–Trinajstić information content (AvgIpc) is 1.80. The standard InChI is InChI=1S/C8H10S.Os/c1-6-3-4-8(9)5-7(6)2;/h3-5,9H,1-2H3;/q;+1/p-1. The summed E-state index contributed by atoms with van der Waals surface area (Å²) in [5, 5.41) is 0. The molecule has 2 heteroatoms. The van der Waals surface area contributed by atoms with Gasteiger partial charge in [0.1, 0.15) is 0 Å². The molecule has 0 atom stereocenters. The predicted octanol–water partition coefficient (Wildman–Crippen LogP) is 2.21. The zero-order valence-corrected chi connectivity index (χ0v) is 9.35. The molecule has 10 heavy (non-hydrogen) atoms. The van der Waals surface area contributed by atoms with Gasteiger partial charge in [0, 0.05) is 0 Å². The van der Waals surface area contributed by atoms with Gasteiger partial charge in [-0.1, -0.05) is 18.2 Å². The molecule has 1 rings (SSSR count). The van der Waals surface area contributed by atoms with E-state index < -0.39 is 0 Å². The Morgan fingerprint density at radius 3 is 2.10 bits per heavy atom. The van der Waals surface area contributed by atoms with Crippen molar-refractivity contribution < 1.29 is 19.8 Å². The normalized spacial score (nSPS) is 8.60. The molecule has 0 N–H and O–H groups in total. The minimum Gasteiger partial charge on any atom is -0.780 e. The second kappa shape index (κ2) is 4.06. The Balaban J connectivity index is 0.000000810. The molecule has 0 heterocycles. The van der Waals surface area contributed by atoms with Crippen molar-refractivity contribution in [2.24, 2.45) is 0 Å². The maximum atomic E-state index is 4.96. The Morgan fingerprint density at radius 1 is 1.10 bits per heavy atom. The summed E-state index contributed by atoms with van der Waals surface area (Å²) in [6.45, 7) is 4.16. The van der Waals surface area contributed by atoms with Crippen molar-refractivity contribution in [2.45, 2.75) is 18.7 Å². The monoisotopic (exact) mass is 329 g/mol. The van der Waals surface area contributed by atoms with E-state index in [9.17, 15) is 0 Å². The van der Waals surface area contributed by atoms with E-state index in [2.05, 4.69) is 19.9 Å². The summed E-state index contributed by atoms with van der Waals surface area (Å²) in [5.74, 6) is 0. The molecule has 0 nitrogen and oxygen atoms in total. The van der Waals surface area contributed by atoms with Crippen LogP contribution in [-0.2, 0) is 32.4 Å². The molecular formula is C8H9OsS. The van der Waals surface area contributed by atoms with Crippen LogP contribution in [-0.4, -0.2) is 0 Å². The molecule has 0 spiro atoms. The summed E-state index contributed by atoms with van der Waals surface area (Å²) < 4.78 is 0. The Labute approximate surface area is 80.5 Å². The SMILES string of the molecule is Cc1ccc([S-])cc1C.[Os+]. The molecule has 0 fully saturated rings. The predicted molar refractivity (Wildman–Crippen MR) is 41.5 cm³/mol. The number of hydrogen-bond donors (Lipinski definition) is 0. The number of rotatable bonds is 0. The fourth-order valence-corrected chi connectivity index (χ4v) is 0.959. The molecule has 1 aromatic rings. The van der Waals surface area contributed by atoms with Gasteiger partial charge in [-0.05, 0) is 25.0 Å². The summed E-state index contributed by atoms with van der Waals surface area (Å²) in [5.41, 5.74) is 2.59. The molecule has 0 amide bonds. The van der Waals surface area contributed by atoms with Crippen LogP contribution in [0.2, 0.25) is 0 Å². The molecule has 0 aliphatic carbocycles. The quantitative estimate of drug-likeness (QED) is 0.659. The van der Waals surface area contributed by atoms with Crippen LogP contribution < -0.4 is 0 Å². The maximum absolute atomic E-state index is 4.96. The van der Waals surface area contributed by atoms with Crippen LogP contribution in [0.4, 0.5) is 0 Å². The molecule has 0 unspecified atom stereocenters. The minimum absolute atomic E-state index is 0. The Bertz CT molecular complexity index is 220. The van der Waals surface area contributed by atoms with E-state index in [-0.39, 0.29) is 19.8 Å². The smallest absolute Gasteiger partial charge is 0.780 e. The van der Waals surface area contributed by atoms with Crippen molar-refractivity contribution in [3.05, 3.63) is 29.3 Å². The van der Waals surface area contributed by atoms with Crippen molar-refractivity contribution in [3.63, 3.8) is 0 Å². The largest absolute Gasteiger partial charge is 1.00 e. The van der Waals surface area contributed by atoms with Gasteiger partial charge in [0.05, 0.1) is 0 Å². The van der Waals surface area contributed by atoms with Gasteiger partial charge in [-0.2, -0.15) is 4.90 Å². The van der Waals surface area contributed by atoms with Crippen molar-refractivity contribution in [2.75, 3.05) is 0 Å². The fraction of sp³-hybridized carbons (Fsp3) is 0.250. The molecule has 55 valence electrons. The van der Waals surface area contributed by atoms with Gasteiger partial charge in [0.25, 0.3) is 0 Å². The van der Waals surface area contributed by atoms with Gasteiger partial charge in [-0.3, -0.25) is 0 Å². The molecule has 0 saturated carbocycles. The van der Waals surface area contributed by atoms with Crippen molar-refractivity contribution in [1.29, 1.82) is 0 Å². The molecular weight excluding hydrogens is 318 g/mol. The van der Waals surface area contributed by atoms with Crippen molar-refractivity contribution in [1.82, 2.24) is 0 Å². The van der Waals surface area contributed by atoms with Gasteiger partial charge >= 0.3 is 19.8 Å². The fourth-order valence-electron chi connectivity index (χ4n) is 0.714. The second-order valence-corrected chi connectivity index (χ2v) is 2.72. The third kappa shape index (κ3) is 2.37. The molecule has 0 aliphatic heterocycles. The zero-order chi connectivity index (χ0) is 6.85. The Kier molecular flexibility index (Phi) is 4.09. The maximum Gasteiger partial charge on any atom is 1.00 e. The summed E-state index contributed by atoms with van der Waals surface area (Å²) in [7, 11) is 0. The number of benzene rings is 1. The van der Waals surface area contributed by atoms with E-state index in [1.54, 1.807) is 0 Å². The molecule has 1 aromatic carbocycles. The molecule has 0 aliphatic rings. The van der Waals surface area contributed by atoms with E-state index in [0.717, 1.165) is 4.90 Å². The summed E-state index contributed by atoms with van der Waals surface area (Å²) in [6.07, 6.45) is 0. The first-order chi connectivity index (χ1) is 4.20. The van der Waals surface area contributed by atoms with Gasteiger partial charge in [-0.25, -0.2) is 0 Å². The first-order valence-electron chi connectivity index (χ1n) is 2.94. The van der Waals surface area contributed by atoms with Gasteiger partial charge in [-0.15, -0.1) is 0 Å². The first kappa shape index (κ1) is 10.1. The molecule has 0 bridgehead atoms. The van der Waals surface area contributed by atoms with E-state index in [1.165, 1.54) is 11.1 Å². The third-order valence-corrected chi connectivity index (χ3v) is 1.73. The van der Waals surface area contributed by atoms with Crippen LogP contribution in [0.3, 0.4) is 0 Å². The summed E-state index contributed by atoms with van der Waals surface area (Å²) in [6, 6.07) is 6.03. The Hall–Kier alpha value is 0.0764. The van der Waals surface area contributed by atoms with Gasteiger partial charge in [0.2, 0.25) is 0 Å².